The molecule has 0 heteroatoms. The van der Waals surface area contributed by atoms with Crippen LogP contribution in [-0.4, -0.2) is 0 Å². The molecular weight excluding hydrogens is 204 g/mol. The molecule has 0 spiro atoms. The number of benzene rings is 1. The van der Waals surface area contributed by atoms with E-state index in [4.69, 9.17) is 0 Å². The van der Waals surface area contributed by atoms with Gasteiger partial charge in [0.15, 0.2) is 0 Å². The minimum absolute atomic E-state index is 0.356. The molecular formula is C17H28. The van der Waals surface area contributed by atoms with E-state index in [0.717, 1.165) is 0 Å². The summed E-state index contributed by atoms with van der Waals surface area (Å²) in [4.78, 5) is 0. The average Bonchev–Trinajstić information content (AvgIpc) is 2.15. The Kier molecular flexibility index (Phi) is 4.41. The van der Waals surface area contributed by atoms with Gasteiger partial charge in [0.05, 0.1) is 0 Å². The van der Waals surface area contributed by atoms with Crippen molar-refractivity contribution in [3.8, 4) is 0 Å². The second-order valence-electron chi connectivity index (χ2n) is 7.10. The van der Waals surface area contributed by atoms with Crippen LogP contribution in [0.4, 0.5) is 0 Å². The van der Waals surface area contributed by atoms with Gasteiger partial charge in [-0.1, -0.05) is 71.9 Å². The largest absolute Gasteiger partial charge is 0.0648 e. The monoisotopic (exact) mass is 232 g/mol. The highest BCUT2D eigenvalue weighted by Gasteiger charge is 2.33. The Balaban J connectivity index is 2.94. The van der Waals surface area contributed by atoms with Crippen LogP contribution in [0.5, 0.6) is 0 Å². The third-order valence-electron chi connectivity index (χ3n) is 3.54. The zero-order valence-electron chi connectivity index (χ0n) is 12.4. The van der Waals surface area contributed by atoms with E-state index in [1.165, 1.54) is 18.4 Å². The van der Waals surface area contributed by atoms with Gasteiger partial charge < -0.3 is 0 Å². The number of hydrogen-bond acceptors (Lipinski definition) is 0. The molecule has 0 aliphatic heterocycles. The lowest BCUT2D eigenvalue weighted by atomic mass is 9.66. The zero-order chi connectivity index (χ0) is 13.1. The molecule has 0 bridgehead atoms. The van der Waals surface area contributed by atoms with Crippen molar-refractivity contribution in [2.45, 2.75) is 60.3 Å². The van der Waals surface area contributed by atoms with Gasteiger partial charge in [-0.2, -0.15) is 0 Å². The lowest BCUT2D eigenvalue weighted by Crippen LogP contribution is -2.27. The topological polar surface area (TPSA) is 0 Å². The first-order valence-electron chi connectivity index (χ1n) is 6.81. The van der Waals surface area contributed by atoms with Crippen LogP contribution < -0.4 is 0 Å². The van der Waals surface area contributed by atoms with E-state index in [2.05, 4.69) is 71.9 Å². The first-order valence-corrected chi connectivity index (χ1v) is 6.81. The lowest BCUT2D eigenvalue weighted by Gasteiger charge is -2.39. The summed E-state index contributed by atoms with van der Waals surface area (Å²) >= 11 is 0. The van der Waals surface area contributed by atoms with E-state index in [9.17, 15) is 0 Å². The molecule has 0 N–H and O–H groups in total. The molecule has 0 aliphatic carbocycles. The Morgan fingerprint density at radius 3 is 1.88 bits per heavy atom. The average molecular weight is 232 g/mol. The van der Waals surface area contributed by atoms with Crippen molar-refractivity contribution in [2.24, 2.45) is 10.8 Å². The van der Waals surface area contributed by atoms with Gasteiger partial charge >= 0.3 is 0 Å². The molecule has 0 amide bonds. The molecule has 96 valence electrons. The summed E-state index contributed by atoms with van der Waals surface area (Å²) in [7, 11) is 0. The molecule has 0 saturated heterocycles. The first kappa shape index (κ1) is 14.3. The highest BCUT2D eigenvalue weighted by molar-refractivity contribution is 5.21. The number of rotatable bonds is 4. The van der Waals surface area contributed by atoms with Crippen LogP contribution in [0, 0.1) is 10.8 Å². The third-order valence-corrected chi connectivity index (χ3v) is 3.54. The molecule has 17 heavy (non-hydrogen) atoms. The summed E-state index contributed by atoms with van der Waals surface area (Å²) in [5.41, 5.74) is 2.24. The first-order chi connectivity index (χ1) is 7.76. The van der Waals surface area contributed by atoms with Crippen LogP contribution in [0.2, 0.25) is 0 Å². The standard InChI is InChI=1S/C17H28/c1-7-15(14-11-9-8-10-12-14)17(5,6)13-16(2,3)4/h8-12,15H,7,13H2,1-6H3. The maximum absolute atomic E-state index is 2.42. The van der Waals surface area contributed by atoms with Crippen molar-refractivity contribution in [1.29, 1.82) is 0 Å². The van der Waals surface area contributed by atoms with Gasteiger partial charge in [-0.05, 0) is 35.2 Å². The second-order valence-corrected chi connectivity index (χ2v) is 7.10. The second kappa shape index (κ2) is 5.25. The van der Waals surface area contributed by atoms with Crippen LogP contribution in [0.1, 0.15) is 65.9 Å². The lowest BCUT2D eigenvalue weighted by molar-refractivity contribution is 0.170. The molecule has 0 nitrogen and oxygen atoms in total. The molecule has 1 rings (SSSR count). The summed E-state index contributed by atoms with van der Waals surface area (Å²) in [5.74, 6) is 0.655. The minimum atomic E-state index is 0.356. The molecule has 0 fully saturated rings. The van der Waals surface area contributed by atoms with Crippen LogP contribution in [-0.2, 0) is 0 Å². The van der Waals surface area contributed by atoms with E-state index in [-0.39, 0.29) is 0 Å². The Hall–Kier alpha value is -0.780. The van der Waals surface area contributed by atoms with E-state index in [0.29, 0.717) is 16.7 Å². The van der Waals surface area contributed by atoms with Gasteiger partial charge in [0.25, 0.3) is 0 Å². The number of hydrogen-bond donors (Lipinski definition) is 0. The molecule has 0 aliphatic rings. The van der Waals surface area contributed by atoms with E-state index in [1.807, 2.05) is 0 Å². The predicted octanol–water partition coefficient (Wildman–Crippen LogP) is 5.64. The molecule has 0 heterocycles. The van der Waals surface area contributed by atoms with Gasteiger partial charge in [-0.25, -0.2) is 0 Å². The van der Waals surface area contributed by atoms with Crippen molar-refractivity contribution >= 4 is 0 Å². The fraction of sp³-hybridized carbons (Fsp3) is 0.647. The molecule has 0 aromatic heterocycles. The van der Waals surface area contributed by atoms with Crippen molar-refractivity contribution in [2.75, 3.05) is 0 Å². The summed E-state index contributed by atoms with van der Waals surface area (Å²) in [5, 5.41) is 0. The quantitative estimate of drug-likeness (QED) is 0.630. The smallest absolute Gasteiger partial charge is 0.0113 e. The Morgan fingerprint density at radius 1 is 0.941 bits per heavy atom. The van der Waals surface area contributed by atoms with E-state index >= 15 is 0 Å². The Bertz CT molecular complexity index is 327. The van der Waals surface area contributed by atoms with E-state index < -0.39 is 0 Å². The zero-order valence-corrected chi connectivity index (χ0v) is 12.4. The van der Waals surface area contributed by atoms with Crippen LogP contribution in [0.25, 0.3) is 0 Å². The van der Waals surface area contributed by atoms with E-state index in [1.54, 1.807) is 0 Å². The normalized spacial score (nSPS) is 14.7. The molecule has 1 aromatic rings. The van der Waals surface area contributed by atoms with Gasteiger partial charge in [0.2, 0.25) is 0 Å². The van der Waals surface area contributed by atoms with Crippen molar-refractivity contribution < 1.29 is 0 Å². The van der Waals surface area contributed by atoms with Crippen molar-refractivity contribution in [3.05, 3.63) is 35.9 Å². The van der Waals surface area contributed by atoms with Crippen LogP contribution >= 0.6 is 0 Å². The molecule has 0 radical (unpaired) electrons. The van der Waals surface area contributed by atoms with Gasteiger partial charge in [0, 0.05) is 0 Å². The third kappa shape index (κ3) is 4.18. The predicted molar refractivity (Wildman–Crippen MR) is 77.3 cm³/mol. The molecule has 1 aromatic carbocycles. The highest BCUT2D eigenvalue weighted by atomic mass is 14.4. The SMILES string of the molecule is CCC(c1ccccc1)C(C)(C)CC(C)(C)C. The Morgan fingerprint density at radius 2 is 1.47 bits per heavy atom. The van der Waals surface area contributed by atoms with Crippen molar-refractivity contribution in [3.63, 3.8) is 0 Å². The summed E-state index contributed by atoms with van der Waals surface area (Å²) in [6.07, 6.45) is 2.47. The maximum atomic E-state index is 2.42. The van der Waals surface area contributed by atoms with Gasteiger partial charge in [-0.15, -0.1) is 0 Å². The van der Waals surface area contributed by atoms with Crippen LogP contribution in [0.15, 0.2) is 30.3 Å². The molecule has 1 unspecified atom stereocenters. The fourth-order valence-corrected chi connectivity index (χ4v) is 3.41. The summed E-state index contributed by atoms with van der Waals surface area (Å²) in [6, 6.07) is 11.0. The van der Waals surface area contributed by atoms with Gasteiger partial charge in [-0.3, -0.25) is 0 Å². The summed E-state index contributed by atoms with van der Waals surface area (Å²) < 4.78 is 0. The fourth-order valence-electron chi connectivity index (χ4n) is 3.41. The summed E-state index contributed by atoms with van der Waals surface area (Å²) in [6.45, 7) is 14.2. The van der Waals surface area contributed by atoms with Crippen molar-refractivity contribution in [1.82, 2.24) is 0 Å². The van der Waals surface area contributed by atoms with Crippen LogP contribution in [0.3, 0.4) is 0 Å². The highest BCUT2D eigenvalue weighted by Crippen LogP contribution is 2.45. The minimum Gasteiger partial charge on any atom is -0.0648 e. The molecule has 1 atom stereocenters. The molecule has 0 saturated carbocycles. The Labute approximate surface area is 107 Å². The van der Waals surface area contributed by atoms with Gasteiger partial charge in [0.1, 0.15) is 0 Å². The maximum Gasteiger partial charge on any atom is -0.0113 e.